The van der Waals surface area contributed by atoms with Gasteiger partial charge in [0, 0.05) is 3.92 Å². The summed E-state index contributed by atoms with van der Waals surface area (Å²) in [5.74, 6) is 0. The van der Waals surface area contributed by atoms with Crippen molar-refractivity contribution >= 4 is 22.6 Å². The highest BCUT2D eigenvalue weighted by molar-refractivity contribution is 14.1. The van der Waals surface area contributed by atoms with E-state index in [1.165, 1.54) is 0 Å². The van der Waals surface area contributed by atoms with E-state index < -0.39 is 0 Å². The van der Waals surface area contributed by atoms with Crippen LogP contribution in [0.5, 0.6) is 0 Å². The van der Waals surface area contributed by atoms with E-state index in [-0.39, 0.29) is 6.61 Å². The summed E-state index contributed by atoms with van der Waals surface area (Å²) in [6.07, 6.45) is 0. The Balaban J connectivity index is 0. The van der Waals surface area contributed by atoms with Crippen LogP contribution < -0.4 is 0 Å². The first-order chi connectivity index (χ1) is 4.79. The fourth-order valence-electron chi connectivity index (χ4n) is 0.300. The van der Waals surface area contributed by atoms with E-state index in [0.717, 1.165) is 15.0 Å². The van der Waals surface area contributed by atoms with Gasteiger partial charge in [0.15, 0.2) is 0 Å². The van der Waals surface area contributed by atoms with Crippen LogP contribution in [0.2, 0.25) is 0 Å². The molecular weight excluding hydrogens is 253 g/mol. The molecule has 0 aliphatic carbocycles. The van der Waals surface area contributed by atoms with Gasteiger partial charge >= 0.3 is 0 Å². The van der Waals surface area contributed by atoms with Crippen LogP contribution in [0.25, 0.3) is 0 Å². The Labute approximate surface area is 84.3 Å². The van der Waals surface area contributed by atoms with Crippen LogP contribution in [-0.2, 0) is 0 Å². The zero-order valence-corrected chi connectivity index (χ0v) is 10.4. The molecule has 0 rings (SSSR count). The summed E-state index contributed by atoms with van der Waals surface area (Å²) in [4.78, 5) is 0. The van der Waals surface area contributed by atoms with E-state index in [0.29, 0.717) is 0 Å². The van der Waals surface area contributed by atoms with Crippen LogP contribution >= 0.6 is 22.6 Å². The Morgan fingerprint density at radius 2 is 1.55 bits per heavy atom. The average Bonchev–Trinajstić information content (AvgIpc) is 1.58. The van der Waals surface area contributed by atoms with Crippen LogP contribution in [0.1, 0.15) is 13.8 Å². The van der Waals surface area contributed by atoms with E-state index >= 15 is 0 Å². The third-order valence-corrected chi connectivity index (χ3v) is 0.771. The van der Waals surface area contributed by atoms with E-state index in [1.807, 2.05) is 0 Å². The average molecular weight is 274 g/mol. The van der Waals surface area contributed by atoms with E-state index in [1.54, 1.807) is 0 Å². The highest BCUT2D eigenvalue weighted by atomic mass is 127. The highest BCUT2D eigenvalue weighted by Gasteiger charge is 2.02. The summed E-state index contributed by atoms with van der Waals surface area (Å²) in [5, 5.41) is 8.39. The van der Waals surface area contributed by atoms with Crippen LogP contribution in [-0.4, -0.2) is 47.8 Å². The van der Waals surface area contributed by atoms with Crippen molar-refractivity contribution < 1.29 is 9.59 Å². The van der Waals surface area contributed by atoms with Gasteiger partial charge < -0.3 is 9.59 Å². The van der Waals surface area contributed by atoms with Gasteiger partial charge in [-0.2, -0.15) is 0 Å². The largest absolute Gasteiger partial charge is 0.391 e. The SMILES string of the molecule is CC(C)I.C[N+](C)(C)CCO. The maximum atomic E-state index is 8.39. The second kappa shape index (κ2) is 7.31. The van der Waals surface area contributed by atoms with Crippen LogP contribution in [0, 0.1) is 0 Å². The monoisotopic (exact) mass is 274 g/mol. The Morgan fingerprint density at radius 3 is 1.55 bits per heavy atom. The van der Waals surface area contributed by atoms with Crippen LogP contribution in [0.3, 0.4) is 0 Å². The number of quaternary nitrogens is 1. The number of alkyl halides is 1. The predicted molar refractivity (Wildman–Crippen MR) is 59.1 cm³/mol. The first-order valence-electron chi connectivity index (χ1n) is 3.85. The molecule has 0 spiro atoms. The lowest BCUT2D eigenvalue weighted by Crippen LogP contribution is -2.36. The summed E-state index contributed by atoms with van der Waals surface area (Å²) >= 11 is 2.34. The lowest BCUT2D eigenvalue weighted by atomic mass is 10.5. The molecular formula is C8H21INO+. The molecule has 0 aromatic carbocycles. The molecule has 70 valence electrons. The highest BCUT2D eigenvalue weighted by Crippen LogP contribution is 1.91. The molecule has 3 heteroatoms. The van der Waals surface area contributed by atoms with Gasteiger partial charge in [0.2, 0.25) is 0 Å². The van der Waals surface area contributed by atoms with Gasteiger partial charge in [0.05, 0.1) is 27.7 Å². The molecule has 0 aliphatic heterocycles. The van der Waals surface area contributed by atoms with Gasteiger partial charge in [-0.3, -0.25) is 0 Å². The molecule has 0 amide bonds. The van der Waals surface area contributed by atoms with E-state index in [2.05, 4.69) is 57.6 Å². The molecule has 2 nitrogen and oxygen atoms in total. The molecule has 0 aliphatic rings. The number of hydrogen-bond donors (Lipinski definition) is 1. The Bertz CT molecular complexity index is 75.9. The molecule has 0 saturated heterocycles. The number of halogens is 1. The number of aliphatic hydroxyl groups excluding tert-OH is 1. The quantitative estimate of drug-likeness (QED) is 0.460. The van der Waals surface area contributed by atoms with Gasteiger partial charge in [-0.15, -0.1) is 0 Å². The molecule has 0 heterocycles. The lowest BCUT2D eigenvalue weighted by molar-refractivity contribution is -0.870. The van der Waals surface area contributed by atoms with Gasteiger partial charge in [-0.1, -0.05) is 36.4 Å². The van der Waals surface area contributed by atoms with Crippen LogP contribution in [0.15, 0.2) is 0 Å². The second-order valence-electron chi connectivity index (χ2n) is 3.75. The Hall–Kier alpha value is 0.650. The van der Waals surface area contributed by atoms with Gasteiger partial charge in [0.1, 0.15) is 6.54 Å². The summed E-state index contributed by atoms with van der Waals surface area (Å²) in [7, 11) is 6.16. The molecule has 0 aromatic rings. The molecule has 11 heavy (non-hydrogen) atoms. The molecule has 0 radical (unpaired) electrons. The zero-order valence-electron chi connectivity index (χ0n) is 8.26. The third kappa shape index (κ3) is 36.9. The fraction of sp³-hybridized carbons (Fsp3) is 1.00. The zero-order chi connectivity index (χ0) is 9.49. The number of nitrogens with zero attached hydrogens (tertiary/aromatic N) is 1. The fourth-order valence-corrected chi connectivity index (χ4v) is 0.300. The van der Waals surface area contributed by atoms with E-state index in [9.17, 15) is 0 Å². The molecule has 0 bridgehead atoms. The third-order valence-electron chi connectivity index (χ3n) is 0.771. The number of aliphatic hydroxyl groups is 1. The minimum Gasteiger partial charge on any atom is -0.391 e. The normalized spacial score (nSPS) is 10.9. The summed E-state index contributed by atoms with van der Waals surface area (Å²) in [6.45, 7) is 5.42. The maximum absolute atomic E-state index is 8.39. The summed E-state index contributed by atoms with van der Waals surface area (Å²) in [5.41, 5.74) is 0. The Kier molecular flexibility index (Phi) is 9.43. The minimum absolute atomic E-state index is 0.281. The van der Waals surface area contributed by atoms with Gasteiger partial charge in [0.25, 0.3) is 0 Å². The van der Waals surface area contributed by atoms with Crippen molar-refractivity contribution in [1.29, 1.82) is 0 Å². The molecule has 1 N–H and O–H groups in total. The number of hydrogen-bond acceptors (Lipinski definition) is 1. The van der Waals surface area contributed by atoms with Crippen molar-refractivity contribution in [2.75, 3.05) is 34.3 Å². The van der Waals surface area contributed by atoms with Crippen molar-refractivity contribution in [2.24, 2.45) is 0 Å². The maximum Gasteiger partial charge on any atom is 0.101 e. The van der Waals surface area contributed by atoms with Crippen molar-refractivity contribution in [1.82, 2.24) is 0 Å². The predicted octanol–water partition coefficient (Wildman–Crippen LogP) is 1.51. The van der Waals surface area contributed by atoms with Gasteiger partial charge in [-0.05, 0) is 0 Å². The standard InChI is InChI=1S/C5H14NO.C3H7I/c1-6(2,3)4-5-7;1-3(2)4/h7H,4-5H2,1-3H3;3H,1-2H3/q+1;. The first-order valence-corrected chi connectivity index (χ1v) is 5.09. The molecule has 0 aromatic heterocycles. The number of rotatable bonds is 2. The summed E-state index contributed by atoms with van der Waals surface area (Å²) in [6, 6.07) is 0. The van der Waals surface area contributed by atoms with Crippen molar-refractivity contribution in [3.05, 3.63) is 0 Å². The first kappa shape index (κ1) is 14.2. The van der Waals surface area contributed by atoms with Crippen molar-refractivity contribution in [3.63, 3.8) is 0 Å². The minimum atomic E-state index is 0.281. The van der Waals surface area contributed by atoms with Crippen molar-refractivity contribution in [3.8, 4) is 0 Å². The Morgan fingerprint density at radius 1 is 1.27 bits per heavy atom. The lowest BCUT2D eigenvalue weighted by Gasteiger charge is -2.21. The molecule has 0 unspecified atom stereocenters. The topological polar surface area (TPSA) is 20.2 Å². The molecule has 0 fully saturated rings. The second-order valence-corrected chi connectivity index (χ2v) is 6.24. The number of likely N-dealkylation sites (N-methyl/N-ethyl adjacent to an activating group) is 1. The van der Waals surface area contributed by atoms with Crippen LogP contribution in [0.4, 0.5) is 0 Å². The molecule has 0 saturated carbocycles. The van der Waals surface area contributed by atoms with E-state index in [4.69, 9.17) is 5.11 Å². The molecule has 0 atom stereocenters. The van der Waals surface area contributed by atoms with Crippen molar-refractivity contribution in [2.45, 2.75) is 17.8 Å². The van der Waals surface area contributed by atoms with Gasteiger partial charge in [-0.25, -0.2) is 0 Å². The smallest absolute Gasteiger partial charge is 0.101 e. The summed E-state index contributed by atoms with van der Waals surface area (Å²) < 4.78 is 1.65.